The molecule has 1 N–H and O–H groups in total. The summed E-state index contributed by atoms with van der Waals surface area (Å²) in [5.41, 5.74) is 4.11. The molecule has 1 aliphatic heterocycles. The molecule has 0 aromatic heterocycles. The van der Waals surface area contributed by atoms with Crippen molar-refractivity contribution < 1.29 is 18.9 Å². The summed E-state index contributed by atoms with van der Waals surface area (Å²) in [5, 5.41) is 3.21. The van der Waals surface area contributed by atoms with E-state index in [0.717, 1.165) is 51.3 Å². The van der Waals surface area contributed by atoms with Gasteiger partial charge in [-0.25, -0.2) is 0 Å². The van der Waals surface area contributed by atoms with Gasteiger partial charge in [-0.15, -0.1) is 0 Å². The summed E-state index contributed by atoms with van der Waals surface area (Å²) < 4.78 is 12.6. The quantitative estimate of drug-likeness (QED) is 0.266. The number of carbonyl (C=O) groups excluding carboxylic acids is 2. The molecule has 2 aromatic rings. The number of Topliss-reactive ketones (excluding diaryl/α,β-unsaturated/α-hetero) is 1. The van der Waals surface area contributed by atoms with Crippen LogP contribution in [-0.4, -0.2) is 35.5 Å². The van der Waals surface area contributed by atoms with Gasteiger partial charge in [-0.1, -0.05) is 72.7 Å². The average Bonchev–Trinajstić information content (AvgIpc) is 3.56. The van der Waals surface area contributed by atoms with Crippen molar-refractivity contribution in [1.82, 2.24) is 5.32 Å². The minimum absolute atomic E-state index is 0.0968. The lowest BCUT2D eigenvalue weighted by Gasteiger charge is -2.37. The fraction of sp³-hybridized carbons (Fsp3) is 0.579. The zero-order chi connectivity index (χ0) is 31.7. The molecule has 2 aromatic carbocycles. The van der Waals surface area contributed by atoms with Gasteiger partial charge in [0, 0.05) is 6.92 Å². The zero-order valence-electron chi connectivity index (χ0n) is 28.0. The highest BCUT2D eigenvalue weighted by molar-refractivity contribution is 6.45. The summed E-state index contributed by atoms with van der Waals surface area (Å²) in [6, 6.07) is 21.6. The van der Waals surface area contributed by atoms with E-state index in [4.69, 9.17) is 9.31 Å². The molecule has 5 nitrogen and oxygen atoms in total. The Bertz CT molecular complexity index is 1340. The van der Waals surface area contributed by atoms with Crippen LogP contribution in [0, 0.1) is 23.7 Å². The summed E-state index contributed by atoms with van der Waals surface area (Å²) >= 11 is 0. The van der Waals surface area contributed by atoms with E-state index in [1.54, 1.807) is 19.4 Å². The number of allylic oxidation sites excluding steroid dienone is 2. The minimum atomic E-state index is -0.787. The number of rotatable bonds is 11. The van der Waals surface area contributed by atoms with Gasteiger partial charge in [0.1, 0.15) is 5.54 Å². The van der Waals surface area contributed by atoms with Gasteiger partial charge in [0.15, 0.2) is 5.78 Å². The first-order chi connectivity index (χ1) is 20.8. The number of amides is 1. The van der Waals surface area contributed by atoms with E-state index in [1.165, 1.54) is 16.7 Å². The molecule has 0 spiro atoms. The van der Waals surface area contributed by atoms with Crippen molar-refractivity contribution in [3.05, 3.63) is 77.4 Å². The highest BCUT2D eigenvalue weighted by Crippen LogP contribution is 2.58. The van der Waals surface area contributed by atoms with Gasteiger partial charge in [-0.3, -0.25) is 9.59 Å². The third kappa shape index (κ3) is 6.62. The largest absolute Gasteiger partial charge is 0.457 e. The van der Waals surface area contributed by atoms with Crippen molar-refractivity contribution in [2.75, 3.05) is 0 Å². The zero-order valence-corrected chi connectivity index (χ0v) is 28.0. The van der Waals surface area contributed by atoms with Crippen molar-refractivity contribution in [1.29, 1.82) is 0 Å². The summed E-state index contributed by atoms with van der Waals surface area (Å²) in [6.07, 6.45) is 7.48. The van der Waals surface area contributed by atoms with Gasteiger partial charge >= 0.3 is 7.12 Å². The molecule has 5 atom stereocenters. The van der Waals surface area contributed by atoms with Crippen LogP contribution in [0.1, 0.15) is 98.1 Å². The predicted octanol–water partition coefficient (Wildman–Crippen LogP) is 8.09. The topological polar surface area (TPSA) is 64.6 Å². The molecule has 236 valence electrons. The molecular formula is C38H52BNO4. The van der Waals surface area contributed by atoms with Crippen LogP contribution < -0.4 is 5.32 Å². The van der Waals surface area contributed by atoms with Crippen molar-refractivity contribution in [2.45, 2.75) is 116 Å². The lowest BCUT2D eigenvalue weighted by Crippen LogP contribution is -2.56. The first kappa shape index (κ1) is 32.7. The number of hydrogen-bond donors (Lipinski definition) is 1. The number of carbonyl (C=O) groups is 2. The van der Waals surface area contributed by atoms with Gasteiger partial charge < -0.3 is 14.6 Å². The molecule has 3 aliphatic rings. The maximum absolute atomic E-state index is 13.4. The third-order valence-corrected chi connectivity index (χ3v) is 11.5. The lowest BCUT2D eigenvalue weighted by molar-refractivity contribution is -0.132. The van der Waals surface area contributed by atoms with Crippen LogP contribution in [0.4, 0.5) is 0 Å². The van der Waals surface area contributed by atoms with Crippen LogP contribution in [-0.2, 0) is 25.3 Å². The summed E-state index contributed by atoms with van der Waals surface area (Å²) in [6.45, 7) is 13.9. The Balaban J connectivity index is 1.38. The Hall–Kier alpha value is -2.70. The van der Waals surface area contributed by atoms with E-state index < -0.39 is 5.54 Å². The number of hydrogen-bond acceptors (Lipinski definition) is 4. The third-order valence-electron chi connectivity index (χ3n) is 11.5. The van der Waals surface area contributed by atoms with E-state index in [0.29, 0.717) is 17.8 Å². The van der Waals surface area contributed by atoms with Gasteiger partial charge in [-0.05, 0) is 127 Å². The second-order valence-electron chi connectivity index (χ2n) is 14.7. The molecule has 1 saturated heterocycles. The Morgan fingerprint density at radius 3 is 2.09 bits per heavy atom. The second kappa shape index (κ2) is 13.0. The maximum atomic E-state index is 13.4. The molecule has 1 heterocycles. The van der Waals surface area contributed by atoms with E-state index >= 15 is 0 Å². The van der Waals surface area contributed by atoms with Crippen molar-refractivity contribution in [2.24, 2.45) is 23.7 Å². The molecule has 2 aliphatic carbocycles. The fourth-order valence-corrected chi connectivity index (χ4v) is 8.59. The van der Waals surface area contributed by atoms with Crippen LogP contribution in [0.2, 0.25) is 6.32 Å². The highest BCUT2D eigenvalue weighted by atomic mass is 16.7. The fourth-order valence-electron chi connectivity index (χ4n) is 8.59. The van der Waals surface area contributed by atoms with E-state index in [2.05, 4.69) is 101 Å². The van der Waals surface area contributed by atoms with Gasteiger partial charge in [0.2, 0.25) is 5.91 Å². The summed E-state index contributed by atoms with van der Waals surface area (Å²) in [5.74, 6) is 1.36. The number of fused-ring (bicyclic) bond motifs is 1. The number of nitrogens with one attached hydrogen (secondary N) is 1. The van der Waals surface area contributed by atoms with E-state index in [9.17, 15) is 9.59 Å². The molecule has 0 radical (unpaired) electrons. The Morgan fingerprint density at radius 1 is 0.886 bits per heavy atom. The second-order valence-corrected chi connectivity index (χ2v) is 14.7. The Labute approximate surface area is 265 Å². The summed E-state index contributed by atoms with van der Waals surface area (Å²) in [4.78, 5) is 26.0. The molecule has 0 bridgehead atoms. The molecule has 6 heteroatoms. The normalized spacial score (nSPS) is 29.3. The van der Waals surface area contributed by atoms with Gasteiger partial charge in [-0.2, -0.15) is 0 Å². The van der Waals surface area contributed by atoms with Crippen LogP contribution in [0.25, 0.3) is 5.57 Å². The monoisotopic (exact) mass is 597 g/mol. The van der Waals surface area contributed by atoms with Crippen molar-refractivity contribution >= 4 is 24.4 Å². The van der Waals surface area contributed by atoms with Crippen LogP contribution in [0.5, 0.6) is 0 Å². The molecule has 5 rings (SSSR count). The minimum Gasteiger partial charge on any atom is -0.403 e. The first-order valence-corrected chi connectivity index (χ1v) is 16.8. The van der Waals surface area contributed by atoms with Gasteiger partial charge in [0.05, 0.1) is 11.2 Å². The average molecular weight is 598 g/mol. The SMILES string of the molecule is CC(=O)NC1(C(C)=O)C[C@H]2CC(/C(CCc3ccccc3)=C(/C)c3ccccc3)C[C@H]2C1CCCB1OC(C)(C)C(C)(C)O1. The molecule has 44 heavy (non-hydrogen) atoms. The molecule has 3 unspecified atom stereocenters. The van der Waals surface area contributed by atoms with E-state index in [1.807, 2.05) is 0 Å². The first-order valence-electron chi connectivity index (χ1n) is 16.8. The Kier molecular flexibility index (Phi) is 9.63. The van der Waals surface area contributed by atoms with Crippen molar-refractivity contribution in [3.8, 4) is 0 Å². The molecule has 3 fully saturated rings. The number of ketones is 1. The molecular weight excluding hydrogens is 545 g/mol. The highest BCUT2D eigenvalue weighted by Gasteiger charge is 2.59. The lowest BCUT2D eigenvalue weighted by atomic mass is 9.72. The van der Waals surface area contributed by atoms with Crippen LogP contribution in [0.3, 0.4) is 0 Å². The Morgan fingerprint density at radius 2 is 1.50 bits per heavy atom. The number of benzene rings is 2. The smallest absolute Gasteiger partial charge is 0.403 e. The predicted molar refractivity (Wildman–Crippen MR) is 179 cm³/mol. The van der Waals surface area contributed by atoms with Crippen LogP contribution >= 0.6 is 0 Å². The van der Waals surface area contributed by atoms with Crippen LogP contribution in [0.15, 0.2) is 66.2 Å². The van der Waals surface area contributed by atoms with Gasteiger partial charge in [0.25, 0.3) is 0 Å². The molecule has 1 amide bonds. The molecule has 2 saturated carbocycles. The van der Waals surface area contributed by atoms with E-state index in [-0.39, 0.29) is 35.9 Å². The standard InChI is InChI=1S/C38H52BNO4/c1-26(30-17-12-9-13-18-30)33(21-20-29-15-10-8-11-16-29)31-23-32-25-38(27(2)41,40-28(3)42)35(34(32)24-31)19-14-22-39-43-36(4,5)37(6,7)44-39/h8-13,15-18,31-32,34-35H,14,19-25H2,1-7H3,(H,40,42)/b33-26-/t31?,32-,34-,35?,38?/m1/s1. The summed E-state index contributed by atoms with van der Waals surface area (Å²) in [7, 11) is -0.248. The van der Waals surface area contributed by atoms with Crippen molar-refractivity contribution in [3.63, 3.8) is 0 Å². The maximum Gasteiger partial charge on any atom is 0.457 e. The number of aryl methyl sites for hydroxylation is 1.